The molecule has 4 unspecified atom stereocenters. The summed E-state index contributed by atoms with van der Waals surface area (Å²) in [5, 5.41) is 17.9. The van der Waals surface area contributed by atoms with Gasteiger partial charge in [-0.1, -0.05) is 13.8 Å². The maximum absolute atomic E-state index is 12.4. The van der Waals surface area contributed by atoms with Gasteiger partial charge in [0, 0.05) is 25.0 Å². The van der Waals surface area contributed by atoms with Crippen molar-refractivity contribution in [3.63, 3.8) is 0 Å². The van der Waals surface area contributed by atoms with Crippen LogP contribution in [0.2, 0.25) is 0 Å². The Bertz CT molecular complexity index is 267. The van der Waals surface area contributed by atoms with Crippen molar-refractivity contribution in [3.05, 3.63) is 0 Å². The number of hydrogen-bond acceptors (Lipinski definition) is 4. The number of amides is 1. The predicted octanol–water partition coefficient (Wildman–Crippen LogP) is -0.191. The lowest BCUT2D eigenvalue weighted by atomic mass is 9.72. The lowest BCUT2D eigenvalue weighted by molar-refractivity contribution is -0.140. The molecule has 4 N–H and O–H groups in total. The van der Waals surface area contributed by atoms with Crippen molar-refractivity contribution < 1.29 is 15.0 Å². The minimum absolute atomic E-state index is 0.0213. The Morgan fingerprint density at radius 2 is 1.72 bits per heavy atom. The van der Waals surface area contributed by atoms with Crippen LogP contribution in [-0.2, 0) is 4.79 Å². The Morgan fingerprint density at radius 3 is 2.22 bits per heavy atom. The molecule has 106 valence electrons. The highest BCUT2D eigenvalue weighted by Gasteiger charge is 2.36. The molecule has 0 aromatic rings. The zero-order chi connectivity index (χ0) is 13.7. The van der Waals surface area contributed by atoms with Crippen molar-refractivity contribution in [2.45, 2.75) is 32.7 Å². The molecule has 0 radical (unpaired) electrons. The van der Waals surface area contributed by atoms with Crippen molar-refractivity contribution in [2.75, 3.05) is 26.3 Å². The molecule has 1 rings (SSSR count). The fourth-order valence-corrected chi connectivity index (χ4v) is 2.84. The Morgan fingerprint density at radius 1 is 1.17 bits per heavy atom. The van der Waals surface area contributed by atoms with Crippen LogP contribution in [0.5, 0.6) is 0 Å². The van der Waals surface area contributed by atoms with E-state index in [1.165, 1.54) is 0 Å². The minimum Gasteiger partial charge on any atom is -0.395 e. The lowest BCUT2D eigenvalue weighted by Gasteiger charge is -2.38. The first-order chi connectivity index (χ1) is 8.51. The SMILES string of the molecule is CC1CC(C)C(C(=O)N(CCO)CCO)CC1N. The molecule has 18 heavy (non-hydrogen) atoms. The van der Waals surface area contributed by atoms with Gasteiger partial charge in [0.1, 0.15) is 0 Å². The van der Waals surface area contributed by atoms with E-state index in [2.05, 4.69) is 13.8 Å². The number of nitrogens with zero attached hydrogens (tertiary/aromatic N) is 1. The molecule has 0 saturated heterocycles. The predicted molar refractivity (Wildman–Crippen MR) is 69.8 cm³/mol. The number of nitrogens with two attached hydrogens (primary N) is 1. The summed E-state index contributed by atoms with van der Waals surface area (Å²) in [5.74, 6) is 0.711. The highest BCUT2D eigenvalue weighted by atomic mass is 16.3. The van der Waals surface area contributed by atoms with Crippen LogP contribution >= 0.6 is 0 Å². The van der Waals surface area contributed by atoms with E-state index < -0.39 is 0 Å². The number of carbonyl (C=O) groups excluding carboxylic acids is 1. The molecule has 0 aromatic carbocycles. The fourth-order valence-electron chi connectivity index (χ4n) is 2.84. The summed E-state index contributed by atoms with van der Waals surface area (Å²) in [4.78, 5) is 13.9. The molecule has 0 bridgehead atoms. The topological polar surface area (TPSA) is 86.8 Å². The van der Waals surface area contributed by atoms with Gasteiger partial charge >= 0.3 is 0 Å². The molecular formula is C13H26N2O3. The van der Waals surface area contributed by atoms with Crippen LogP contribution in [0.15, 0.2) is 0 Å². The van der Waals surface area contributed by atoms with Gasteiger partial charge in [-0.15, -0.1) is 0 Å². The maximum atomic E-state index is 12.4. The van der Waals surface area contributed by atoms with E-state index in [9.17, 15) is 4.79 Å². The Kier molecular flexibility index (Phi) is 6.05. The van der Waals surface area contributed by atoms with Gasteiger partial charge in [0.15, 0.2) is 0 Å². The van der Waals surface area contributed by atoms with Crippen molar-refractivity contribution in [2.24, 2.45) is 23.5 Å². The van der Waals surface area contributed by atoms with Crippen LogP contribution in [0.3, 0.4) is 0 Å². The zero-order valence-electron chi connectivity index (χ0n) is 11.4. The summed E-state index contributed by atoms with van der Waals surface area (Å²) in [5.41, 5.74) is 6.05. The molecule has 0 heterocycles. The summed E-state index contributed by atoms with van der Waals surface area (Å²) >= 11 is 0. The van der Waals surface area contributed by atoms with Gasteiger partial charge in [-0.25, -0.2) is 0 Å². The van der Waals surface area contributed by atoms with Gasteiger partial charge < -0.3 is 20.8 Å². The summed E-state index contributed by atoms with van der Waals surface area (Å²) in [6.07, 6.45) is 1.66. The summed E-state index contributed by atoms with van der Waals surface area (Å²) in [6.45, 7) is 4.63. The molecule has 0 aromatic heterocycles. The Balaban J connectivity index is 2.68. The average Bonchev–Trinajstić information content (AvgIpc) is 2.33. The molecule has 5 heteroatoms. The zero-order valence-corrected chi connectivity index (χ0v) is 11.4. The van der Waals surface area contributed by atoms with Gasteiger partial charge in [-0.05, 0) is 24.7 Å². The number of aliphatic hydroxyl groups excluding tert-OH is 2. The normalized spacial score (nSPS) is 32.3. The van der Waals surface area contributed by atoms with Crippen LogP contribution < -0.4 is 5.73 Å². The molecule has 1 aliphatic carbocycles. The first kappa shape index (κ1) is 15.4. The third-order valence-corrected chi connectivity index (χ3v) is 4.06. The van der Waals surface area contributed by atoms with Crippen LogP contribution in [0.4, 0.5) is 0 Å². The van der Waals surface area contributed by atoms with E-state index >= 15 is 0 Å². The van der Waals surface area contributed by atoms with E-state index in [-0.39, 0.29) is 44.2 Å². The summed E-state index contributed by atoms with van der Waals surface area (Å²) in [6, 6.07) is 0.0697. The van der Waals surface area contributed by atoms with Crippen LogP contribution in [0.1, 0.15) is 26.7 Å². The molecule has 1 saturated carbocycles. The van der Waals surface area contributed by atoms with Gasteiger partial charge in [-0.2, -0.15) is 0 Å². The van der Waals surface area contributed by atoms with Crippen molar-refractivity contribution in [1.29, 1.82) is 0 Å². The Labute approximate surface area is 109 Å². The number of hydrogen-bond donors (Lipinski definition) is 3. The quantitative estimate of drug-likeness (QED) is 0.638. The van der Waals surface area contributed by atoms with E-state index in [1.807, 2.05) is 0 Å². The van der Waals surface area contributed by atoms with Gasteiger partial charge in [0.05, 0.1) is 13.2 Å². The molecule has 5 nitrogen and oxygen atoms in total. The van der Waals surface area contributed by atoms with E-state index in [1.54, 1.807) is 4.90 Å². The van der Waals surface area contributed by atoms with Crippen LogP contribution in [0, 0.1) is 17.8 Å². The van der Waals surface area contributed by atoms with E-state index in [0.717, 1.165) is 6.42 Å². The van der Waals surface area contributed by atoms with Crippen LogP contribution in [0.25, 0.3) is 0 Å². The lowest BCUT2D eigenvalue weighted by Crippen LogP contribution is -2.47. The van der Waals surface area contributed by atoms with Gasteiger partial charge in [-0.3, -0.25) is 4.79 Å². The highest BCUT2D eigenvalue weighted by Crippen LogP contribution is 2.33. The largest absolute Gasteiger partial charge is 0.395 e. The van der Waals surface area contributed by atoms with Crippen LogP contribution in [-0.4, -0.2) is 53.4 Å². The molecule has 1 amide bonds. The first-order valence-electron chi connectivity index (χ1n) is 6.77. The highest BCUT2D eigenvalue weighted by molar-refractivity contribution is 5.79. The molecule has 0 aliphatic heterocycles. The maximum Gasteiger partial charge on any atom is 0.226 e. The molecule has 0 spiro atoms. The third-order valence-electron chi connectivity index (χ3n) is 4.06. The number of aliphatic hydroxyl groups is 2. The van der Waals surface area contributed by atoms with E-state index in [4.69, 9.17) is 15.9 Å². The summed E-state index contributed by atoms with van der Waals surface area (Å²) < 4.78 is 0. The molecular weight excluding hydrogens is 232 g/mol. The smallest absolute Gasteiger partial charge is 0.226 e. The second kappa shape index (κ2) is 7.07. The standard InChI is InChI=1S/C13H26N2O3/c1-9-7-10(2)12(14)8-11(9)13(18)15(3-5-16)4-6-17/h9-12,16-17H,3-8,14H2,1-2H3. The third kappa shape index (κ3) is 3.67. The van der Waals surface area contributed by atoms with Crippen molar-refractivity contribution >= 4 is 5.91 Å². The Hall–Kier alpha value is -0.650. The number of carbonyl (C=O) groups is 1. The summed E-state index contributed by atoms with van der Waals surface area (Å²) in [7, 11) is 0. The number of rotatable bonds is 5. The van der Waals surface area contributed by atoms with Crippen molar-refractivity contribution in [1.82, 2.24) is 4.90 Å². The average molecular weight is 258 g/mol. The second-order valence-corrected chi connectivity index (χ2v) is 5.47. The molecule has 1 fully saturated rings. The van der Waals surface area contributed by atoms with Gasteiger partial charge in [0.25, 0.3) is 0 Å². The van der Waals surface area contributed by atoms with Crippen molar-refractivity contribution in [3.8, 4) is 0 Å². The molecule has 1 aliphatic rings. The van der Waals surface area contributed by atoms with Gasteiger partial charge in [0.2, 0.25) is 5.91 Å². The van der Waals surface area contributed by atoms with E-state index in [0.29, 0.717) is 18.3 Å². The molecule has 4 atom stereocenters. The monoisotopic (exact) mass is 258 g/mol. The second-order valence-electron chi connectivity index (χ2n) is 5.47. The first-order valence-corrected chi connectivity index (χ1v) is 6.77. The minimum atomic E-state index is -0.0747. The fraction of sp³-hybridized carbons (Fsp3) is 0.923.